The van der Waals surface area contributed by atoms with Gasteiger partial charge in [-0.1, -0.05) is 18.2 Å². The van der Waals surface area contributed by atoms with Crippen molar-refractivity contribution in [3.05, 3.63) is 64.5 Å². The van der Waals surface area contributed by atoms with Gasteiger partial charge in [-0.05, 0) is 42.7 Å². The zero-order valence-corrected chi connectivity index (χ0v) is 19.6. The molecule has 0 bridgehead atoms. The fraction of sp³-hybridized carbons (Fsp3) is 0.333. The molecule has 0 radical (unpaired) electrons. The van der Waals surface area contributed by atoms with Crippen LogP contribution in [0.25, 0.3) is 0 Å². The molecule has 0 saturated carbocycles. The molecule has 12 heteroatoms. The molecule has 36 heavy (non-hydrogen) atoms. The summed E-state index contributed by atoms with van der Waals surface area (Å²) in [6, 6.07) is 7.77. The average Bonchev–Trinajstić information content (AvgIpc) is 3.16. The number of imide groups is 1. The lowest BCUT2D eigenvalue weighted by atomic mass is 9.70. The Morgan fingerprint density at radius 1 is 1.25 bits per heavy atom. The first-order chi connectivity index (χ1) is 17.0. The number of halogens is 3. The van der Waals surface area contributed by atoms with Crippen molar-refractivity contribution in [2.75, 3.05) is 6.61 Å². The number of alkyl halides is 2. The normalized spacial score (nSPS) is 19.7. The van der Waals surface area contributed by atoms with E-state index in [-0.39, 0.29) is 38.4 Å². The average molecular weight is 501 g/mol. The van der Waals surface area contributed by atoms with Crippen LogP contribution >= 0.6 is 0 Å². The molecule has 1 atom stereocenters. The lowest BCUT2D eigenvalue weighted by Gasteiger charge is -2.39. The summed E-state index contributed by atoms with van der Waals surface area (Å²) in [4.78, 5) is 50.7. The second-order valence-electron chi connectivity index (χ2n) is 8.84. The van der Waals surface area contributed by atoms with E-state index in [2.05, 4.69) is 10.6 Å². The van der Waals surface area contributed by atoms with Crippen LogP contribution in [-0.4, -0.2) is 48.4 Å². The molecular weight excluding hydrogens is 478 g/mol. The molecular formula is C24H23BF3N3O5. The summed E-state index contributed by atoms with van der Waals surface area (Å²) in [6.45, 7) is 1.33. The van der Waals surface area contributed by atoms with Crippen LogP contribution < -0.4 is 15.4 Å². The maximum absolute atomic E-state index is 14.9. The molecule has 4 rings (SSSR count). The Morgan fingerprint density at radius 3 is 2.69 bits per heavy atom. The van der Waals surface area contributed by atoms with Crippen LogP contribution in [0.5, 0.6) is 5.75 Å². The molecule has 1 saturated heterocycles. The van der Waals surface area contributed by atoms with Crippen molar-refractivity contribution in [2.24, 2.45) is 0 Å². The van der Waals surface area contributed by atoms with Crippen LogP contribution in [0.15, 0.2) is 36.4 Å². The molecule has 4 amide bonds. The fourth-order valence-corrected chi connectivity index (χ4v) is 4.43. The summed E-state index contributed by atoms with van der Waals surface area (Å²) in [5.41, 5.74) is -1.03. The van der Waals surface area contributed by atoms with Gasteiger partial charge in [0.15, 0.2) is 0 Å². The molecule has 2 aliphatic heterocycles. The van der Waals surface area contributed by atoms with Crippen molar-refractivity contribution in [3.8, 4) is 5.75 Å². The molecule has 0 spiro atoms. The van der Waals surface area contributed by atoms with E-state index in [9.17, 15) is 32.3 Å². The summed E-state index contributed by atoms with van der Waals surface area (Å²) in [6.07, 6.45) is 0.274. The van der Waals surface area contributed by atoms with Gasteiger partial charge in [0.25, 0.3) is 11.8 Å². The third-order valence-electron chi connectivity index (χ3n) is 6.48. The third kappa shape index (κ3) is 4.31. The molecule has 188 valence electrons. The first kappa shape index (κ1) is 25.3. The van der Waals surface area contributed by atoms with E-state index in [1.807, 2.05) is 0 Å². The Labute approximate surface area is 205 Å². The molecule has 0 aliphatic carbocycles. The van der Waals surface area contributed by atoms with E-state index in [0.29, 0.717) is 16.7 Å². The molecule has 2 aromatic carbocycles. The molecule has 2 aliphatic rings. The van der Waals surface area contributed by atoms with Crippen molar-refractivity contribution in [1.29, 1.82) is 0 Å². The summed E-state index contributed by atoms with van der Waals surface area (Å²) in [5.74, 6) is -8.94. The topological polar surface area (TPSA) is 105 Å². The number of ether oxygens (including phenoxy) is 1. The van der Waals surface area contributed by atoms with Gasteiger partial charge in [0.05, 0.1) is 12.0 Å². The number of carbonyl (C=O) groups excluding carboxylic acids is 4. The summed E-state index contributed by atoms with van der Waals surface area (Å²) >= 11 is 0. The predicted molar refractivity (Wildman–Crippen MR) is 123 cm³/mol. The Hall–Kier alpha value is -3.83. The smallest absolute Gasteiger partial charge is 0.356 e. The van der Waals surface area contributed by atoms with E-state index in [1.54, 1.807) is 20.8 Å². The van der Waals surface area contributed by atoms with Gasteiger partial charge in [-0.2, -0.15) is 8.78 Å². The highest BCUT2D eigenvalue weighted by Gasteiger charge is 2.48. The number of carbonyl (C=O) groups is 4. The minimum absolute atomic E-state index is 0.00995. The van der Waals surface area contributed by atoms with Gasteiger partial charge in [0, 0.05) is 25.1 Å². The monoisotopic (exact) mass is 501 g/mol. The minimum Gasteiger partial charge on any atom is -0.493 e. The highest BCUT2D eigenvalue weighted by atomic mass is 19.3. The Kier molecular flexibility index (Phi) is 6.55. The first-order valence-electron chi connectivity index (χ1n) is 11.3. The fourth-order valence-electron chi connectivity index (χ4n) is 4.43. The number of nitrogens with zero attached hydrogens (tertiary/aromatic N) is 1. The van der Waals surface area contributed by atoms with Crippen molar-refractivity contribution >= 4 is 31.5 Å². The largest absolute Gasteiger partial charge is 0.493 e. The standard InChI is InChI=1S/C24H23BF3N3O5/c1-2-36-17-5-3-4-16(26)19(17)24(27,28)22(35)29-11-13-6-7-15-14(10-13)12-31(20(15)33)23(25)9-8-18(32)30-21(23)34/h3-7,10H,2,8-9,11-12,25H2,1H3,(H,29,35)(H,30,32,34)/t23-/m1/s1. The summed E-state index contributed by atoms with van der Waals surface area (Å²) < 4.78 is 49.1. The Morgan fingerprint density at radius 2 is 2.00 bits per heavy atom. The number of amides is 4. The molecule has 1 fully saturated rings. The summed E-state index contributed by atoms with van der Waals surface area (Å²) in [5, 5.41) is 4.38. The van der Waals surface area contributed by atoms with Crippen LogP contribution in [0.1, 0.15) is 46.8 Å². The van der Waals surface area contributed by atoms with Gasteiger partial charge < -0.3 is 15.0 Å². The molecule has 8 nitrogen and oxygen atoms in total. The number of hydrogen-bond donors (Lipinski definition) is 2. The SMILES string of the molecule is B[C@@]1(N2Cc3cc(CNC(=O)C(F)(F)c4c(F)cccc4OCC)ccc3C2=O)CCC(=O)NC1=O. The second kappa shape index (κ2) is 9.32. The van der Waals surface area contributed by atoms with E-state index >= 15 is 0 Å². The van der Waals surface area contributed by atoms with Crippen molar-refractivity contribution in [2.45, 2.75) is 44.2 Å². The molecule has 0 unspecified atom stereocenters. The predicted octanol–water partition coefficient (Wildman–Crippen LogP) is 1.35. The number of benzene rings is 2. The number of fused-ring (bicyclic) bond motifs is 1. The number of nitrogens with one attached hydrogen (secondary N) is 2. The lowest BCUT2D eigenvalue weighted by molar-refractivity contribution is -0.147. The molecule has 0 aromatic heterocycles. The summed E-state index contributed by atoms with van der Waals surface area (Å²) in [7, 11) is 1.58. The first-order valence-corrected chi connectivity index (χ1v) is 11.3. The van der Waals surface area contributed by atoms with Crippen molar-refractivity contribution < 1.29 is 37.1 Å². The van der Waals surface area contributed by atoms with E-state index < -0.39 is 46.2 Å². The van der Waals surface area contributed by atoms with Gasteiger partial charge in [0.2, 0.25) is 11.8 Å². The molecule has 2 aromatic rings. The van der Waals surface area contributed by atoms with Gasteiger partial charge in [-0.3, -0.25) is 24.5 Å². The minimum atomic E-state index is -4.19. The number of rotatable bonds is 7. The molecule has 2 N–H and O–H groups in total. The zero-order valence-electron chi connectivity index (χ0n) is 19.6. The number of piperidine rings is 1. The highest BCUT2D eigenvalue weighted by Crippen LogP contribution is 2.38. The second-order valence-corrected chi connectivity index (χ2v) is 8.84. The number of hydrogen-bond acceptors (Lipinski definition) is 5. The van der Waals surface area contributed by atoms with Crippen LogP contribution in [-0.2, 0) is 33.4 Å². The maximum Gasteiger partial charge on any atom is 0.356 e. The van der Waals surface area contributed by atoms with Crippen LogP contribution in [0.4, 0.5) is 13.2 Å². The zero-order chi connectivity index (χ0) is 26.3. The quantitative estimate of drug-likeness (QED) is 0.441. The third-order valence-corrected chi connectivity index (χ3v) is 6.48. The van der Waals surface area contributed by atoms with Crippen molar-refractivity contribution in [1.82, 2.24) is 15.5 Å². The Balaban J connectivity index is 1.49. The van der Waals surface area contributed by atoms with E-state index in [1.165, 1.54) is 23.1 Å². The van der Waals surface area contributed by atoms with Crippen LogP contribution in [0, 0.1) is 5.82 Å². The van der Waals surface area contributed by atoms with Crippen LogP contribution in [0.3, 0.4) is 0 Å². The van der Waals surface area contributed by atoms with E-state index in [0.717, 1.165) is 12.1 Å². The van der Waals surface area contributed by atoms with Gasteiger partial charge in [0.1, 0.15) is 25.0 Å². The van der Waals surface area contributed by atoms with Gasteiger partial charge in [-0.15, -0.1) is 0 Å². The van der Waals surface area contributed by atoms with Crippen molar-refractivity contribution in [3.63, 3.8) is 0 Å². The van der Waals surface area contributed by atoms with E-state index in [4.69, 9.17) is 4.74 Å². The lowest BCUT2D eigenvalue weighted by Crippen LogP contribution is -2.63. The maximum atomic E-state index is 14.9. The Bertz CT molecular complexity index is 1270. The van der Waals surface area contributed by atoms with Gasteiger partial charge >= 0.3 is 5.92 Å². The van der Waals surface area contributed by atoms with Gasteiger partial charge in [-0.25, -0.2) is 4.39 Å². The molecule has 2 heterocycles. The van der Waals surface area contributed by atoms with Crippen LogP contribution in [0.2, 0.25) is 0 Å². The highest BCUT2D eigenvalue weighted by molar-refractivity contribution is 6.32.